The Labute approximate surface area is 98.2 Å². The van der Waals surface area contributed by atoms with Gasteiger partial charge in [-0.3, -0.25) is 0 Å². The fourth-order valence-electron chi connectivity index (χ4n) is 2.33. The van der Waals surface area contributed by atoms with E-state index in [-0.39, 0.29) is 0 Å². The molecule has 87 valence electrons. The van der Waals surface area contributed by atoms with E-state index >= 15 is 0 Å². The monoisotopic (exact) mass is 218 g/mol. The molecule has 1 saturated heterocycles. The van der Waals surface area contributed by atoms with Gasteiger partial charge in [-0.05, 0) is 37.5 Å². The molecule has 0 bridgehead atoms. The fourth-order valence-corrected chi connectivity index (χ4v) is 2.33. The number of anilines is 1. The maximum Gasteiger partial charge on any atom is 0.0485 e. The highest BCUT2D eigenvalue weighted by Gasteiger charge is 2.20. The van der Waals surface area contributed by atoms with Gasteiger partial charge < -0.3 is 9.64 Å². The molecule has 0 saturated carbocycles. The van der Waals surface area contributed by atoms with Crippen molar-refractivity contribution in [2.45, 2.75) is 32.2 Å². The largest absolute Gasteiger partial charge is 0.381 e. The van der Waals surface area contributed by atoms with E-state index in [1.54, 1.807) is 0 Å². The first-order valence-electron chi connectivity index (χ1n) is 6.22. The molecule has 0 aromatic heterocycles. The van der Waals surface area contributed by atoms with Crippen LogP contribution >= 0.6 is 0 Å². The Morgan fingerprint density at radius 2 is 2.00 bits per heavy atom. The molecule has 0 amide bonds. The van der Waals surface area contributed by atoms with Crippen molar-refractivity contribution < 1.29 is 4.74 Å². The van der Waals surface area contributed by atoms with Crippen molar-refractivity contribution in [2.24, 2.45) is 0 Å². The van der Waals surface area contributed by atoms with Crippen LogP contribution in [0, 0.1) is 6.07 Å². The molecule has 2 nitrogen and oxygen atoms in total. The van der Waals surface area contributed by atoms with Gasteiger partial charge in [0.25, 0.3) is 0 Å². The van der Waals surface area contributed by atoms with Gasteiger partial charge in [-0.2, -0.15) is 0 Å². The van der Waals surface area contributed by atoms with Crippen LogP contribution in [0.5, 0.6) is 0 Å². The molecular formula is C14H20NO. The number of rotatable bonds is 4. The molecule has 0 aliphatic carbocycles. The van der Waals surface area contributed by atoms with E-state index in [0.29, 0.717) is 6.04 Å². The first-order chi connectivity index (χ1) is 7.92. The van der Waals surface area contributed by atoms with Crippen molar-refractivity contribution in [3.05, 3.63) is 30.3 Å². The number of hydrogen-bond donors (Lipinski definition) is 0. The summed E-state index contributed by atoms with van der Waals surface area (Å²) >= 11 is 0. The lowest BCUT2D eigenvalue weighted by molar-refractivity contribution is 0.0844. The van der Waals surface area contributed by atoms with E-state index in [0.717, 1.165) is 32.6 Å². The second-order valence-corrected chi connectivity index (χ2v) is 4.30. The predicted molar refractivity (Wildman–Crippen MR) is 66.8 cm³/mol. The SMILES string of the molecule is CCCN(c1cc[c]cc1)C1CCOCC1. The van der Waals surface area contributed by atoms with Crippen LogP contribution in [-0.4, -0.2) is 25.8 Å². The molecule has 1 radical (unpaired) electrons. The van der Waals surface area contributed by atoms with Crippen LogP contribution in [-0.2, 0) is 4.74 Å². The van der Waals surface area contributed by atoms with Crippen molar-refractivity contribution in [1.82, 2.24) is 0 Å². The lowest BCUT2D eigenvalue weighted by Gasteiger charge is -2.36. The minimum absolute atomic E-state index is 0.649. The van der Waals surface area contributed by atoms with Gasteiger partial charge in [0.15, 0.2) is 0 Å². The topological polar surface area (TPSA) is 12.5 Å². The third-order valence-electron chi connectivity index (χ3n) is 3.13. The predicted octanol–water partition coefficient (Wildman–Crippen LogP) is 2.88. The molecule has 16 heavy (non-hydrogen) atoms. The van der Waals surface area contributed by atoms with Crippen molar-refractivity contribution in [3.63, 3.8) is 0 Å². The summed E-state index contributed by atoms with van der Waals surface area (Å²) in [5.41, 5.74) is 1.33. The van der Waals surface area contributed by atoms with Gasteiger partial charge in [-0.15, -0.1) is 0 Å². The molecule has 1 fully saturated rings. The summed E-state index contributed by atoms with van der Waals surface area (Å²) in [5, 5.41) is 0. The van der Waals surface area contributed by atoms with Crippen LogP contribution in [0.3, 0.4) is 0 Å². The summed E-state index contributed by atoms with van der Waals surface area (Å²) in [6.45, 7) is 5.18. The summed E-state index contributed by atoms with van der Waals surface area (Å²) in [4.78, 5) is 2.52. The Morgan fingerprint density at radius 3 is 2.62 bits per heavy atom. The van der Waals surface area contributed by atoms with Gasteiger partial charge in [-0.25, -0.2) is 0 Å². The summed E-state index contributed by atoms with van der Waals surface area (Å²) < 4.78 is 5.43. The van der Waals surface area contributed by atoms with E-state index in [4.69, 9.17) is 4.74 Å². The second-order valence-electron chi connectivity index (χ2n) is 4.30. The van der Waals surface area contributed by atoms with Gasteiger partial charge >= 0.3 is 0 Å². The average molecular weight is 218 g/mol. The molecule has 1 heterocycles. The molecule has 2 rings (SSSR count). The van der Waals surface area contributed by atoms with Gasteiger partial charge in [0, 0.05) is 31.5 Å². The zero-order valence-electron chi connectivity index (χ0n) is 9.98. The molecule has 1 aliphatic rings. The highest BCUT2D eigenvalue weighted by molar-refractivity contribution is 5.46. The van der Waals surface area contributed by atoms with Crippen molar-refractivity contribution in [3.8, 4) is 0 Å². The summed E-state index contributed by atoms with van der Waals surface area (Å²) in [6.07, 6.45) is 3.49. The highest BCUT2D eigenvalue weighted by atomic mass is 16.5. The molecule has 1 aliphatic heterocycles. The van der Waals surface area contributed by atoms with Gasteiger partial charge in [0.1, 0.15) is 0 Å². The normalized spacial score (nSPS) is 17.3. The zero-order chi connectivity index (χ0) is 11.2. The van der Waals surface area contributed by atoms with Gasteiger partial charge in [-0.1, -0.05) is 19.1 Å². The van der Waals surface area contributed by atoms with Crippen LogP contribution in [0.25, 0.3) is 0 Å². The number of ether oxygens (including phenoxy) is 1. The maximum absolute atomic E-state index is 5.43. The number of benzene rings is 1. The molecule has 0 unspecified atom stereocenters. The Bertz CT molecular complexity index is 293. The Morgan fingerprint density at radius 1 is 1.31 bits per heavy atom. The van der Waals surface area contributed by atoms with Crippen LogP contribution in [0.1, 0.15) is 26.2 Å². The number of nitrogens with zero attached hydrogens (tertiary/aromatic N) is 1. The summed E-state index contributed by atoms with van der Waals surface area (Å²) in [5.74, 6) is 0. The maximum atomic E-state index is 5.43. The average Bonchev–Trinajstić information content (AvgIpc) is 2.38. The van der Waals surface area contributed by atoms with Crippen LogP contribution in [0.2, 0.25) is 0 Å². The summed E-state index contributed by atoms with van der Waals surface area (Å²) in [6, 6.07) is 12.0. The van der Waals surface area contributed by atoms with Crippen molar-refractivity contribution in [2.75, 3.05) is 24.7 Å². The quantitative estimate of drug-likeness (QED) is 0.770. The van der Waals surface area contributed by atoms with Crippen molar-refractivity contribution in [1.29, 1.82) is 0 Å². The fraction of sp³-hybridized carbons (Fsp3) is 0.571. The first-order valence-corrected chi connectivity index (χ1v) is 6.22. The molecule has 2 heteroatoms. The van der Waals surface area contributed by atoms with E-state index in [9.17, 15) is 0 Å². The Kier molecular flexibility index (Phi) is 4.23. The van der Waals surface area contributed by atoms with E-state index in [2.05, 4.69) is 30.0 Å². The third kappa shape index (κ3) is 2.76. The minimum Gasteiger partial charge on any atom is -0.381 e. The molecular weight excluding hydrogens is 198 g/mol. The van der Waals surface area contributed by atoms with Crippen LogP contribution < -0.4 is 4.90 Å². The van der Waals surface area contributed by atoms with Gasteiger partial charge in [0.05, 0.1) is 0 Å². The van der Waals surface area contributed by atoms with E-state index in [1.165, 1.54) is 12.1 Å². The highest BCUT2D eigenvalue weighted by Crippen LogP contribution is 2.22. The van der Waals surface area contributed by atoms with Crippen molar-refractivity contribution >= 4 is 5.69 Å². The lowest BCUT2D eigenvalue weighted by atomic mass is 10.1. The summed E-state index contributed by atoms with van der Waals surface area (Å²) in [7, 11) is 0. The zero-order valence-corrected chi connectivity index (χ0v) is 9.98. The smallest absolute Gasteiger partial charge is 0.0485 e. The lowest BCUT2D eigenvalue weighted by Crippen LogP contribution is -2.40. The Hall–Kier alpha value is -1.02. The van der Waals surface area contributed by atoms with Gasteiger partial charge in [0.2, 0.25) is 0 Å². The molecule has 1 aromatic rings. The molecule has 1 aromatic carbocycles. The van der Waals surface area contributed by atoms with Crippen LogP contribution in [0.4, 0.5) is 5.69 Å². The van der Waals surface area contributed by atoms with E-state index < -0.39 is 0 Å². The first kappa shape index (κ1) is 11.5. The Balaban J connectivity index is 2.09. The standard InChI is InChI=1S/C14H20NO/c1-2-10-15(13-6-4-3-5-7-13)14-8-11-16-12-9-14/h4-7,14H,2,8-12H2,1H3. The number of hydrogen-bond acceptors (Lipinski definition) is 2. The molecule has 0 atom stereocenters. The minimum atomic E-state index is 0.649. The molecule has 0 spiro atoms. The van der Waals surface area contributed by atoms with Crippen LogP contribution in [0.15, 0.2) is 24.3 Å². The second kappa shape index (κ2) is 5.90. The van der Waals surface area contributed by atoms with E-state index in [1.807, 2.05) is 12.1 Å². The third-order valence-corrected chi connectivity index (χ3v) is 3.13. The molecule has 0 N–H and O–H groups in total.